The van der Waals surface area contributed by atoms with Crippen LogP contribution in [0, 0.1) is 6.92 Å². The molecule has 2 aliphatic heterocycles. The van der Waals surface area contributed by atoms with Crippen molar-refractivity contribution in [2.24, 2.45) is 0 Å². The monoisotopic (exact) mass is 310 g/mol. The third kappa shape index (κ3) is 1.91. The van der Waals surface area contributed by atoms with Crippen molar-refractivity contribution in [3.8, 4) is 23.0 Å². The number of hydrogen-bond donors (Lipinski definition) is 2. The zero-order valence-corrected chi connectivity index (χ0v) is 13.1. The molecule has 2 heterocycles. The number of rotatable bonds is 1. The van der Waals surface area contributed by atoms with Gasteiger partial charge in [-0.3, -0.25) is 0 Å². The molecule has 0 radical (unpaired) electrons. The summed E-state index contributed by atoms with van der Waals surface area (Å²) in [7, 11) is 0. The Bertz CT molecular complexity index is 838. The van der Waals surface area contributed by atoms with Gasteiger partial charge in [0.15, 0.2) is 0 Å². The molecule has 0 aliphatic carbocycles. The largest absolute Gasteiger partial charge is 0.508 e. The highest BCUT2D eigenvalue weighted by molar-refractivity contribution is 5.77. The number of fused-ring (bicyclic) bond motifs is 5. The predicted octanol–water partition coefficient (Wildman–Crippen LogP) is 4.05. The summed E-state index contributed by atoms with van der Waals surface area (Å²) in [5.74, 6) is 1.81. The molecule has 4 heteroatoms. The highest BCUT2D eigenvalue weighted by Crippen LogP contribution is 2.55. The standard InChI is InChI=1S/C19H18O4/c1-9(2)16-17(21)10(3)6-13-14-8-22-15-7-11(20)4-5-12(15)18(14)23-19(13)16/h4-7,14,18,20-21H,1,8H2,2-3H3/t14-,18-/m0/s1. The maximum absolute atomic E-state index is 10.4. The van der Waals surface area contributed by atoms with E-state index in [1.165, 1.54) is 0 Å². The van der Waals surface area contributed by atoms with E-state index in [0.717, 1.165) is 22.3 Å². The van der Waals surface area contributed by atoms with E-state index in [0.29, 0.717) is 23.7 Å². The van der Waals surface area contributed by atoms with E-state index in [1.54, 1.807) is 12.1 Å². The minimum Gasteiger partial charge on any atom is -0.508 e. The van der Waals surface area contributed by atoms with Gasteiger partial charge < -0.3 is 19.7 Å². The molecule has 0 spiro atoms. The van der Waals surface area contributed by atoms with Crippen LogP contribution in [0.25, 0.3) is 5.57 Å². The molecule has 0 bridgehead atoms. The Labute approximate surface area is 134 Å². The van der Waals surface area contributed by atoms with Gasteiger partial charge in [0, 0.05) is 17.2 Å². The lowest BCUT2D eigenvalue weighted by Gasteiger charge is -2.27. The first kappa shape index (κ1) is 14.0. The molecule has 0 amide bonds. The number of phenolic OH excluding ortho intramolecular Hbond substituents is 2. The van der Waals surface area contributed by atoms with E-state index < -0.39 is 0 Å². The Morgan fingerprint density at radius 3 is 2.74 bits per heavy atom. The number of allylic oxidation sites excluding steroid dienone is 1. The van der Waals surface area contributed by atoms with Crippen molar-refractivity contribution in [1.82, 2.24) is 0 Å². The van der Waals surface area contributed by atoms with Gasteiger partial charge in [-0.25, -0.2) is 0 Å². The van der Waals surface area contributed by atoms with Gasteiger partial charge in [0.25, 0.3) is 0 Å². The van der Waals surface area contributed by atoms with Crippen LogP contribution >= 0.6 is 0 Å². The molecule has 0 unspecified atom stereocenters. The Balaban J connectivity index is 1.88. The van der Waals surface area contributed by atoms with Crippen molar-refractivity contribution >= 4 is 5.57 Å². The molecule has 4 rings (SSSR count). The van der Waals surface area contributed by atoms with Crippen molar-refractivity contribution in [1.29, 1.82) is 0 Å². The summed E-state index contributed by atoms with van der Waals surface area (Å²) in [6.07, 6.45) is -0.173. The second kappa shape index (κ2) is 4.69. The van der Waals surface area contributed by atoms with Crippen LogP contribution in [-0.2, 0) is 0 Å². The summed E-state index contributed by atoms with van der Waals surface area (Å²) in [6.45, 7) is 8.20. The van der Waals surface area contributed by atoms with Crippen molar-refractivity contribution in [3.05, 3.63) is 53.1 Å². The number of ether oxygens (including phenoxy) is 2. The van der Waals surface area contributed by atoms with Crippen molar-refractivity contribution in [2.45, 2.75) is 25.9 Å². The van der Waals surface area contributed by atoms with Gasteiger partial charge in [0.2, 0.25) is 0 Å². The van der Waals surface area contributed by atoms with Crippen LogP contribution in [0.2, 0.25) is 0 Å². The molecule has 0 fully saturated rings. The van der Waals surface area contributed by atoms with E-state index in [1.807, 2.05) is 26.0 Å². The predicted molar refractivity (Wildman–Crippen MR) is 87.3 cm³/mol. The average Bonchev–Trinajstić information content (AvgIpc) is 2.85. The second-order valence-electron chi connectivity index (χ2n) is 6.29. The molecular weight excluding hydrogens is 292 g/mol. The fourth-order valence-corrected chi connectivity index (χ4v) is 3.51. The average molecular weight is 310 g/mol. The second-order valence-corrected chi connectivity index (χ2v) is 6.29. The summed E-state index contributed by atoms with van der Waals surface area (Å²) >= 11 is 0. The highest BCUT2D eigenvalue weighted by Gasteiger charge is 2.42. The van der Waals surface area contributed by atoms with Crippen LogP contribution < -0.4 is 9.47 Å². The van der Waals surface area contributed by atoms with Gasteiger partial charge in [-0.1, -0.05) is 6.58 Å². The third-order valence-electron chi connectivity index (χ3n) is 4.63. The smallest absolute Gasteiger partial charge is 0.138 e. The zero-order valence-electron chi connectivity index (χ0n) is 13.1. The zero-order chi connectivity index (χ0) is 16.3. The van der Waals surface area contributed by atoms with Gasteiger partial charge in [-0.15, -0.1) is 0 Å². The lowest BCUT2D eigenvalue weighted by Crippen LogP contribution is -2.23. The van der Waals surface area contributed by atoms with Gasteiger partial charge in [0.1, 0.15) is 29.1 Å². The summed E-state index contributed by atoms with van der Waals surface area (Å²) in [5.41, 5.74) is 4.22. The van der Waals surface area contributed by atoms with Crippen molar-refractivity contribution in [2.75, 3.05) is 6.61 Å². The first-order valence-electron chi connectivity index (χ1n) is 7.62. The van der Waals surface area contributed by atoms with Crippen LogP contribution in [0.3, 0.4) is 0 Å². The van der Waals surface area contributed by atoms with E-state index in [2.05, 4.69) is 6.58 Å². The minimum atomic E-state index is -0.173. The summed E-state index contributed by atoms with van der Waals surface area (Å²) in [5, 5.41) is 20.0. The molecule has 2 atom stereocenters. The van der Waals surface area contributed by atoms with Crippen LogP contribution in [0.15, 0.2) is 30.8 Å². The quantitative estimate of drug-likeness (QED) is 0.834. The maximum Gasteiger partial charge on any atom is 0.138 e. The maximum atomic E-state index is 10.4. The number of phenols is 2. The molecule has 0 saturated heterocycles. The number of benzene rings is 2. The number of hydrogen-bond acceptors (Lipinski definition) is 4. The highest BCUT2D eigenvalue weighted by atomic mass is 16.5. The fraction of sp³-hybridized carbons (Fsp3) is 0.263. The normalized spacial score (nSPS) is 20.8. The first-order valence-corrected chi connectivity index (χ1v) is 7.62. The Kier molecular flexibility index (Phi) is 2.85. The van der Waals surface area contributed by atoms with Crippen molar-refractivity contribution < 1.29 is 19.7 Å². The molecule has 2 aliphatic rings. The molecule has 118 valence electrons. The molecule has 2 aromatic carbocycles. The number of aryl methyl sites for hydroxylation is 1. The molecule has 0 saturated carbocycles. The van der Waals surface area contributed by atoms with E-state index in [-0.39, 0.29) is 23.5 Å². The fourth-order valence-electron chi connectivity index (χ4n) is 3.51. The molecular formula is C19H18O4. The van der Waals surface area contributed by atoms with E-state index in [4.69, 9.17) is 9.47 Å². The Hall–Kier alpha value is -2.62. The lowest BCUT2D eigenvalue weighted by atomic mass is 9.87. The van der Waals surface area contributed by atoms with E-state index in [9.17, 15) is 10.2 Å². The first-order chi connectivity index (χ1) is 11.0. The van der Waals surface area contributed by atoms with Crippen LogP contribution in [0.5, 0.6) is 23.0 Å². The van der Waals surface area contributed by atoms with Gasteiger partial charge >= 0.3 is 0 Å². The molecule has 4 nitrogen and oxygen atoms in total. The van der Waals surface area contributed by atoms with Crippen LogP contribution in [0.1, 0.15) is 41.2 Å². The van der Waals surface area contributed by atoms with Crippen LogP contribution in [-0.4, -0.2) is 16.8 Å². The molecule has 2 aromatic rings. The summed E-state index contributed by atoms with van der Waals surface area (Å²) in [6, 6.07) is 7.05. The lowest BCUT2D eigenvalue weighted by molar-refractivity contribution is 0.139. The van der Waals surface area contributed by atoms with Gasteiger partial charge in [-0.2, -0.15) is 0 Å². The van der Waals surface area contributed by atoms with Crippen molar-refractivity contribution in [3.63, 3.8) is 0 Å². The summed E-state index contributed by atoms with van der Waals surface area (Å²) in [4.78, 5) is 0. The third-order valence-corrected chi connectivity index (χ3v) is 4.63. The minimum absolute atomic E-state index is 0.0689. The molecule has 0 aromatic heterocycles. The number of aromatic hydroxyl groups is 2. The topological polar surface area (TPSA) is 58.9 Å². The Morgan fingerprint density at radius 2 is 2.00 bits per heavy atom. The molecule has 2 N–H and O–H groups in total. The molecule has 23 heavy (non-hydrogen) atoms. The van der Waals surface area contributed by atoms with Crippen LogP contribution in [0.4, 0.5) is 0 Å². The van der Waals surface area contributed by atoms with E-state index >= 15 is 0 Å². The Morgan fingerprint density at radius 1 is 1.22 bits per heavy atom. The SMILES string of the molecule is C=C(C)c1c(O)c(C)cc2c1O[C@H]1c3ccc(O)cc3OC[C@@H]21. The van der Waals surface area contributed by atoms with Gasteiger partial charge in [-0.05, 0) is 43.2 Å². The summed E-state index contributed by atoms with van der Waals surface area (Å²) < 4.78 is 12.0. The van der Waals surface area contributed by atoms with Gasteiger partial charge in [0.05, 0.1) is 18.1 Å².